The maximum atomic E-state index is 12.5. The van der Waals surface area contributed by atoms with Crippen molar-refractivity contribution < 1.29 is 23.8 Å². The number of methoxy groups -OCH3 is 2. The fourth-order valence-electron chi connectivity index (χ4n) is 2.74. The van der Waals surface area contributed by atoms with Crippen LogP contribution in [0.25, 0.3) is 0 Å². The highest BCUT2D eigenvalue weighted by Gasteiger charge is 2.16. The van der Waals surface area contributed by atoms with Gasteiger partial charge in [0, 0.05) is 22.2 Å². The molecule has 3 aromatic carbocycles. The number of hydrogen-bond donors (Lipinski definition) is 2. The van der Waals surface area contributed by atoms with E-state index in [2.05, 4.69) is 26.6 Å². The maximum Gasteiger partial charge on any atom is 0.262 e. The van der Waals surface area contributed by atoms with Gasteiger partial charge in [-0.2, -0.15) is 0 Å². The molecule has 2 N–H and O–H groups in total. The Morgan fingerprint density at radius 2 is 1.42 bits per heavy atom. The summed E-state index contributed by atoms with van der Waals surface area (Å²) in [6.45, 7) is -0.181. The van der Waals surface area contributed by atoms with Crippen LogP contribution in [-0.2, 0) is 4.79 Å². The SMILES string of the molecule is COc1cc(NC(=O)c2ccccc2)c(OC)cc1NC(=O)COc1ccc(Br)cc1. The Morgan fingerprint density at radius 3 is 2.00 bits per heavy atom. The number of carbonyl (C=O) groups is 2. The summed E-state index contributed by atoms with van der Waals surface area (Å²) in [5.41, 5.74) is 1.31. The van der Waals surface area contributed by atoms with Gasteiger partial charge in [0.1, 0.15) is 17.2 Å². The Bertz CT molecular complexity index is 1060. The van der Waals surface area contributed by atoms with Gasteiger partial charge in [0.2, 0.25) is 0 Å². The van der Waals surface area contributed by atoms with Crippen LogP contribution in [0.4, 0.5) is 11.4 Å². The molecule has 3 aromatic rings. The second-order valence-electron chi connectivity index (χ2n) is 6.36. The molecule has 0 fully saturated rings. The van der Waals surface area contributed by atoms with E-state index in [4.69, 9.17) is 14.2 Å². The topological polar surface area (TPSA) is 85.9 Å². The maximum absolute atomic E-state index is 12.5. The quantitative estimate of drug-likeness (QED) is 0.482. The molecule has 160 valence electrons. The van der Waals surface area contributed by atoms with Gasteiger partial charge in [0.05, 0.1) is 25.6 Å². The van der Waals surface area contributed by atoms with E-state index in [9.17, 15) is 9.59 Å². The van der Waals surface area contributed by atoms with Gasteiger partial charge in [-0.05, 0) is 36.4 Å². The van der Waals surface area contributed by atoms with Crippen LogP contribution in [0, 0.1) is 0 Å². The van der Waals surface area contributed by atoms with Crippen molar-refractivity contribution in [1.82, 2.24) is 0 Å². The molecule has 7 nitrogen and oxygen atoms in total. The fraction of sp³-hybridized carbons (Fsp3) is 0.130. The molecule has 8 heteroatoms. The first-order chi connectivity index (χ1) is 15.0. The number of amides is 2. The molecule has 0 heterocycles. The summed E-state index contributed by atoms with van der Waals surface area (Å²) in [7, 11) is 2.95. The van der Waals surface area contributed by atoms with Crippen molar-refractivity contribution in [2.24, 2.45) is 0 Å². The van der Waals surface area contributed by atoms with Crippen LogP contribution in [0.3, 0.4) is 0 Å². The second kappa shape index (κ2) is 10.5. The lowest BCUT2D eigenvalue weighted by molar-refractivity contribution is -0.118. The van der Waals surface area contributed by atoms with Crippen LogP contribution in [0.2, 0.25) is 0 Å². The van der Waals surface area contributed by atoms with Gasteiger partial charge in [0.25, 0.3) is 11.8 Å². The Kier molecular flexibility index (Phi) is 7.50. The van der Waals surface area contributed by atoms with Crippen molar-refractivity contribution in [2.45, 2.75) is 0 Å². The molecule has 0 aliphatic carbocycles. The van der Waals surface area contributed by atoms with Crippen LogP contribution in [0.1, 0.15) is 10.4 Å². The summed E-state index contributed by atoms with van der Waals surface area (Å²) >= 11 is 3.35. The Hall–Kier alpha value is -3.52. The number of benzene rings is 3. The summed E-state index contributed by atoms with van der Waals surface area (Å²) in [6.07, 6.45) is 0. The minimum absolute atomic E-state index is 0.181. The minimum Gasteiger partial charge on any atom is -0.494 e. The lowest BCUT2D eigenvalue weighted by Gasteiger charge is -2.16. The molecular formula is C23H21BrN2O5. The normalized spacial score (nSPS) is 10.2. The van der Waals surface area contributed by atoms with E-state index >= 15 is 0 Å². The molecule has 0 saturated carbocycles. The average molecular weight is 485 g/mol. The first-order valence-electron chi connectivity index (χ1n) is 9.31. The standard InChI is InChI=1S/C23H21BrN2O5/c1-29-20-13-19(26-23(28)15-6-4-3-5-7-15)21(30-2)12-18(20)25-22(27)14-31-17-10-8-16(24)9-11-17/h3-13H,14H2,1-2H3,(H,25,27)(H,26,28). The molecule has 3 rings (SSSR count). The van der Waals surface area contributed by atoms with E-state index in [1.54, 1.807) is 48.5 Å². The van der Waals surface area contributed by atoms with E-state index in [-0.39, 0.29) is 18.4 Å². The smallest absolute Gasteiger partial charge is 0.262 e. The van der Waals surface area contributed by atoms with E-state index in [0.717, 1.165) is 4.47 Å². The Labute approximate surface area is 188 Å². The number of halogens is 1. The molecule has 0 atom stereocenters. The van der Waals surface area contributed by atoms with E-state index < -0.39 is 0 Å². The largest absolute Gasteiger partial charge is 0.494 e. The molecule has 0 radical (unpaired) electrons. The second-order valence-corrected chi connectivity index (χ2v) is 7.28. The minimum atomic E-state index is -0.371. The molecule has 31 heavy (non-hydrogen) atoms. The predicted octanol–water partition coefficient (Wildman–Crippen LogP) is 4.74. The van der Waals surface area contributed by atoms with Crippen molar-refractivity contribution in [3.05, 3.63) is 76.8 Å². The van der Waals surface area contributed by atoms with Gasteiger partial charge < -0.3 is 24.8 Å². The lowest BCUT2D eigenvalue weighted by atomic mass is 10.2. The molecular weight excluding hydrogens is 464 g/mol. The fourth-order valence-corrected chi connectivity index (χ4v) is 3.01. The third-order valence-corrected chi connectivity index (χ3v) is 4.79. The highest BCUT2D eigenvalue weighted by atomic mass is 79.9. The summed E-state index contributed by atoms with van der Waals surface area (Å²) in [4.78, 5) is 24.8. The van der Waals surface area contributed by atoms with Gasteiger partial charge in [0.15, 0.2) is 6.61 Å². The zero-order valence-corrected chi connectivity index (χ0v) is 18.6. The first kappa shape index (κ1) is 22.2. The van der Waals surface area contributed by atoms with Crippen LogP contribution in [0.15, 0.2) is 71.2 Å². The summed E-state index contributed by atoms with van der Waals surface area (Å²) in [5.74, 6) is 0.641. The first-order valence-corrected chi connectivity index (χ1v) is 10.1. The monoisotopic (exact) mass is 484 g/mol. The number of nitrogens with one attached hydrogen (secondary N) is 2. The molecule has 0 aliphatic heterocycles. The van der Waals surface area contributed by atoms with Crippen molar-refractivity contribution in [1.29, 1.82) is 0 Å². The van der Waals surface area contributed by atoms with Crippen molar-refractivity contribution in [2.75, 3.05) is 31.5 Å². The summed E-state index contributed by atoms with van der Waals surface area (Å²) < 4.78 is 17.2. The molecule has 0 spiro atoms. The summed E-state index contributed by atoms with van der Waals surface area (Å²) in [5, 5.41) is 5.54. The van der Waals surface area contributed by atoms with Crippen LogP contribution < -0.4 is 24.8 Å². The molecule has 0 bridgehead atoms. The van der Waals surface area contributed by atoms with Crippen LogP contribution >= 0.6 is 15.9 Å². The van der Waals surface area contributed by atoms with Crippen LogP contribution in [0.5, 0.6) is 17.2 Å². The van der Waals surface area contributed by atoms with E-state index in [1.165, 1.54) is 14.2 Å². The van der Waals surface area contributed by atoms with Gasteiger partial charge in [-0.1, -0.05) is 34.1 Å². The highest BCUT2D eigenvalue weighted by Crippen LogP contribution is 2.36. The van der Waals surface area contributed by atoms with Crippen LogP contribution in [-0.4, -0.2) is 32.6 Å². The third kappa shape index (κ3) is 5.99. The number of ether oxygens (including phenoxy) is 3. The summed E-state index contributed by atoms with van der Waals surface area (Å²) in [6, 6.07) is 19.1. The number of anilines is 2. The molecule has 0 aliphatic rings. The van der Waals surface area contributed by atoms with Crippen molar-refractivity contribution in [3.8, 4) is 17.2 Å². The Balaban J connectivity index is 1.72. The van der Waals surface area contributed by atoms with Gasteiger partial charge >= 0.3 is 0 Å². The van der Waals surface area contributed by atoms with Crippen molar-refractivity contribution >= 4 is 39.1 Å². The van der Waals surface area contributed by atoms with Gasteiger partial charge in [-0.25, -0.2) is 0 Å². The lowest BCUT2D eigenvalue weighted by Crippen LogP contribution is -2.20. The molecule has 0 unspecified atom stereocenters. The number of carbonyl (C=O) groups excluding carboxylic acids is 2. The Morgan fingerprint density at radius 1 is 0.839 bits per heavy atom. The highest BCUT2D eigenvalue weighted by molar-refractivity contribution is 9.10. The zero-order chi connectivity index (χ0) is 22.2. The predicted molar refractivity (Wildman–Crippen MR) is 122 cm³/mol. The van der Waals surface area contributed by atoms with Crippen molar-refractivity contribution in [3.63, 3.8) is 0 Å². The zero-order valence-electron chi connectivity index (χ0n) is 17.0. The number of rotatable bonds is 8. The average Bonchev–Trinajstić information content (AvgIpc) is 2.79. The third-order valence-electron chi connectivity index (χ3n) is 4.26. The number of hydrogen-bond acceptors (Lipinski definition) is 5. The van der Waals surface area contributed by atoms with E-state index in [0.29, 0.717) is 34.2 Å². The van der Waals surface area contributed by atoms with E-state index in [1.807, 2.05) is 18.2 Å². The molecule has 0 saturated heterocycles. The van der Waals surface area contributed by atoms with Gasteiger partial charge in [-0.3, -0.25) is 9.59 Å². The van der Waals surface area contributed by atoms with Gasteiger partial charge in [-0.15, -0.1) is 0 Å². The molecule has 2 amide bonds. The molecule has 0 aromatic heterocycles.